The van der Waals surface area contributed by atoms with E-state index in [4.69, 9.17) is 11.6 Å². The van der Waals surface area contributed by atoms with E-state index in [0.29, 0.717) is 35.9 Å². The van der Waals surface area contributed by atoms with Crippen LogP contribution in [0, 0.1) is 0 Å². The van der Waals surface area contributed by atoms with E-state index in [1.165, 1.54) is 0 Å². The molecule has 6 nitrogen and oxygen atoms in total. The zero-order valence-electron chi connectivity index (χ0n) is 13.2. The van der Waals surface area contributed by atoms with E-state index in [0.717, 1.165) is 24.9 Å². The van der Waals surface area contributed by atoms with Crippen LogP contribution in [0.15, 0.2) is 30.3 Å². The van der Waals surface area contributed by atoms with Gasteiger partial charge in [0.1, 0.15) is 5.69 Å². The number of benzene rings is 1. The summed E-state index contributed by atoms with van der Waals surface area (Å²) in [7, 11) is 0. The van der Waals surface area contributed by atoms with Crippen molar-refractivity contribution in [2.45, 2.75) is 19.3 Å². The van der Waals surface area contributed by atoms with E-state index in [1.54, 1.807) is 18.2 Å². The Morgan fingerprint density at radius 3 is 2.83 bits per heavy atom. The first-order valence-corrected chi connectivity index (χ1v) is 8.38. The summed E-state index contributed by atoms with van der Waals surface area (Å²) in [6, 6.07) is 8.99. The first kappa shape index (κ1) is 16.5. The van der Waals surface area contributed by atoms with E-state index in [2.05, 4.69) is 15.5 Å². The van der Waals surface area contributed by atoms with Crippen molar-refractivity contribution in [2.75, 3.05) is 19.6 Å². The number of aromatic nitrogens is 2. The lowest BCUT2D eigenvalue weighted by atomic mass is 10.1. The second kappa shape index (κ2) is 7.49. The van der Waals surface area contributed by atoms with Gasteiger partial charge in [0.05, 0.1) is 5.69 Å². The van der Waals surface area contributed by atoms with Crippen LogP contribution in [0.5, 0.6) is 0 Å². The van der Waals surface area contributed by atoms with Gasteiger partial charge in [-0.3, -0.25) is 14.7 Å². The van der Waals surface area contributed by atoms with Gasteiger partial charge in [0.15, 0.2) is 0 Å². The summed E-state index contributed by atoms with van der Waals surface area (Å²) in [6.45, 7) is 2.05. The van der Waals surface area contributed by atoms with Gasteiger partial charge < -0.3 is 10.2 Å². The van der Waals surface area contributed by atoms with Crippen LogP contribution in [-0.4, -0.2) is 46.5 Å². The third kappa shape index (κ3) is 3.94. The van der Waals surface area contributed by atoms with Crippen LogP contribution in [0.2, 0.25) is 5.02 Å². The van der Waals surface area contributed by atoms with Gasteiger partial charge >= 0.3 is 0 Å². The highest BCUT2D eigenvalue weighted by Gasteiger charge is 2.19. The summed E-state index contributed by atoms with van der Waals surface area (Å²) in [4.78, 5) is 25.5. The maximum absolute atomic E-state index is 12.1. The maximum Gasteiger partial charge on any atom is 0.269 e. The third-order valence-electron chi connectivity index (χ3n) is 4.02. The molecule has 126 valence electrons. The van der Waals surface area contributed by atoms with Crippen LogP contribution in [0.3, 0.4) is 0 Å². The molecule has 0 spiro atoms. The zero-order chi connectivity index (χ0) is 16.9. The smallest absolute Gasteiger partial charge is 0.269 e. The van der Waals surface area contributed by atoms with Crippen molar-refractivity contribution in [1.29, 1.82) is 0 Å². The average Bonchev–Trinajstić information content (AvgIpc) is 3.22. The Morgan fingerprint density at radius 2 is 2.12 bits per heavy atom. The third-order valence-corrected chi connectivity index (χ3v) is 4.28. The molecule has 0 bridgehead atoms. The summed E-state index contributed by atoms with van der Waals surface area (Å²) < 4.78 is 0. The van der Waals surface area contributed by atoms with E-state index in [9.17, 15) is 9.59 Å². The number of carbonyl (C=O) groups is 2. The van der Waals surface area contributed by atoms with Gasteiger partial charge in [0.2, 0.25) is 5.91 Å². The lowest BCUT2D eigenvalue weighted by Gasteiger charge is -2.15. The molecule has 2 N–H and O–H groups in total. The molecule has 24 heavy (non-hydrogen) atoms. The highest BCUT2D eigenvalue weighted by Crippen LogP contribution is 2.20. The number of hydrogen-bond acceptors (Lipinski definition) is 3. The fraction of sp³-hybridized carbons (Fsp3) is 0.353. The number of amides is 2. The highest BCUT2D eigenvalue weighted by atomic mass is 35.5. The standard InChI is InChI=1S/C17H19ClN4O2/c18-13-6-4-12(5-7-13)14-11-15(21-20-14)17(24)19-8-2-10-22-9-1-3-16(22)23/h4-7,11H,1-3,8-10H2,(H,19,24)(H,20,21). The predicted molar refractivity (Wildman–Crippen MR) is 91.8 cm³/mol. The van der Waals surface area contributed by atoms with Gasteiger partial charge in [-0.15, -0.1) is 0 Å². The fourth-order valence-electron chi connectivity index (χ4n) is 2.71. The summed E-state index contributed by atoms with van der Waals surface area (Å²) >= 11 is 5.86. The molecule has 7 heteroatoms. The molecule has 1 aliphatic rings. The van der Waals surface area contributed by atoms with Crippen LogP contribution in [0.1, 0.15) is 29.8 Å². The number of likely N-dealkylation sites (tertiary alicyclic amines) is 1. The topological polar surface area (TPSA) is 78.1 Å². The molecule has 0 aliphatic carbocycles. The Kier molecular flexibility index (Phi) is 5.15. The van der Waals surface area contributed by atoms with Gasteiger partial charge in [0, 0.05) is 36.6 Å². The molecule has 1 fully saturated rings. The molecule has 0 atom stereocenters. The van der Waals surface area contributed by atoms with Crippen LogP contribution in [-0.2, 0) is 4.79 Å². The Labute approximate surface area is 145 Å². The SMILES string of the molecule is O=C(NCCCN1CCCC1=O)c1cc(-c2ccc(Cl)cc2)n[nH]1. The quantitative estimate of drug-likeness (QED) is 0.789. The molecule has 1 aliphatic heterocycles. The molecule has 0 unspecified atom stereocenters. The van der Waals surface area contributed by atoms with Crippen LogP contribution in [0.4, 0.5) is 0 Å². The van der Waals surface area contributed by atoms with Gasteiger partial charge in [-0.05, 0) is 31.0 Å². The first-order valence-electron chi connectivity index (χ1n) is 8.01. The molecule has 1 aromatic heterocycles. The fourth-order valence-corrected chi connectivity index (χ4v) is 2.84. The molecule has 0 radical (unpaired) electrons. The molecule has 2 heterocycles. The zero-order valence-corrected chi connectivity index (χ0v) is 14.0. The van der Waals surface area contributed by atoms with Gasteiger partial charge in [-0.2, -0.15) is 5.10 Å². The van der Waals surface area contributed by atoms with Crippen molar-refractivity contribution in [1.82, 2.24) is 20.4 Å². The van der Waals surface area contributed by atoms with Crippen molar-refractivity contribution < 1.29 is 9.59 Å². The van der Waals surface area contributed by atoms with Crippen molar-refractivity contribution in [3.8, 4) is 11.3 Å². The number of nitrogens with one attached hydrogen (secondary N) is 2. The average molecular weight is 347 g/mol. The molecule has 0 saturated carbocycles. The highest BCUT2D eigenvalue weighted by molar-refractivity contribution is 6.30. The number of halogens is 1. The first-order chi connectivity index (χ1) is 11.6. The van der Waals surface area contributed by atoms with Crippen molar-refractivity contribution >= 4 is 23.4 Å². The van der Waals surface area contributed by atoms with E-state index in [1.807, 2.05) is 17.0 Å². The summed E-state index contributed by atoms with van der Waals surface area (Å²) in [6.07, 6.45) is 2.33. The lowest BCUT2D eigenvalue weighted by molar-refractivity contribution is -0.127. The minimum Gasteiger partial charge on any atom is -0.351 e. The second-order valence-electron chi connectivity index (χ2n) is 5.77. The van der Waals surface area contributed by atoms with E-state index < -0.39 is 0 Å². The molecule has 3 rings (SSSR count). The Balaban J connectivity index is 1.48. The second-order valence-corrected chi connectivity index (χ2v) is 6.20. The van der Waals surface area contributed by atoms with E-state index >= 15 is 0 Å². The van der Waals surface area contributed by atoms with Gasteiger partial charge in [-0.25, -0.2) is 0 Å². The molecule has 2 aromatic rings. The van der Waals surface area contributed by atoms with Crippen molar-refractivity contribution in [2.24, 2.45) is 0 Å². The number of carbonyl (C=O) groups excluding carboxylic acids is 2. The van der Waals surface area contributed by atoms with Gasteiger partial charge in [0.25, 0.3) is 5.91 Å². The Morgan fingerprint density at radius 1 is 1.33 bits per heavy atom. The summed E-state index contributed by atoms with van der Waals surface area (Å²) in [5, 5.41) is 10.4. The number of nitrogens with zero attached hydrogens (tertiary/aromatic N) is 2. The van der Waals surface area contributed by atoms with Gasteiger partial charge in [-0.1, -0.05) is 23.7 Å². The number of H-pyrrole nitrogens is 1. The van der Waals surface area contributed by atoms with Crippen LogP contribution < -0.4 is 5.32 Å². The minimum atomic E-state index is -0.199. The van der Waals surface area contributed by atoms with Crippen LogP contribution >= 0.6 is 11.6 Å². The monoisotopic (exact) mass is 346 g/mol. The van der Waals surface area contributed by atoms with Crippen molar-refractivity contribution in [3.05, 3.63) is 41.0 Å². The normalized spacial score (nSPS) is 14.2. The Hall–Kier alpha value is -2.34. The molecule has 1 aromatic carbocycles. The lowest BCUT2D eigenvalue weighted by Crippen LogP contribution is -2.30. The number of hydrogen-bond donors (Lipinski definition) is 2. The van der Waals surface area contributed by atoms with Crippen molar-refractivity contribution in [3.63, 3.8) is 0 Å². The molecular formula is C17H19ClN4O2. The number of rotatable bonds is 6. The predicted octanol–water partition coefficient (Wildman–Crippen LogP) is 2.47. The summed E-state index contributed by atoms with van der Waals surface area (Å²) in [5.41, 5.74) is 2.00. The number of aromatic amines is 1. The molecule has 1 saturated heterocycles. The Bertz CT molecular complexity index is 726. The van der Waals surface area contributed by atoms with E-state index in [-0.39, 0.29) is 11.8 Å². The molecule has 2 amide bonds. The molecular weight excluding hydrogens is 328 g/mol. The van der Waals surface area contributed by atoms with Crippen LogP contribution in [0.25, 0.3) is 11.3 Å². The maximum atomic E-state index is 12.1. The summed E-state index contributed by atoms with van der Waals surface area (Å²) in [5.74, 6) is 0.0120. The minimum absolute atomic E-state index is 0.199. The largest absolute Gasteiger partial charge is 0.351 e.